The van der Waals surface area contributed by atoms with Crippen LogP contribution in [0.2, 0.25) is 0 Å². The van der Waals surface area contributed by atoms with Crippen molar-refractivity contribution in [3.05, 3.63) is 36.9 Å². The van der Waals surface area contributed by atoms with E-state index in [1.807, 2.05) is 29.2 Å². The van der Waals surface area contributed by atoms with Gasteiger partial charge in [-0.05, 0) is 18.9 Å². The summed E-state index contributed by atoms with van der Waals surface area (Å²) in [6, 6.07) is 4.29. The number of rotatable bonds is 5. The molecule has 6 nitrogen and oxygen atoms in total. The highest BCUT2D eigenvalue weighted by molar-refractivity contribution is 5.48. The van der Waals surface area contributed by atoms with Gasteiger partial charge in [0.05, 0.1) is 24.6 Å². The van der Waals surface area contributed by atoms with Crippen molar-refractivity contribution in [1.82, 2.24) is 14.8 Å². The first-order chi connectivity index (χ1) is 10.3. The zero-order valence-electron chi connectivity index (χ0n) is 12.1. The van der Waals surface area contributed by atoms with Gasteiger partial charge in [0.1, 0.15) is 12.4 Å². The Labute approximate surface area is 124 Å². The van der Waals surface area contributed by atoms with Gasteiger partial charge in [-0.3, -0.25) is 9.67 Å². The molecular weight excluding hydrogens is 266 g/mol. The van der Waals surface area contributed by atoms with Crippen molar-refractivity contribution in [2.24, 2.45) is 5.73 Å². The second-order valence-electron chi connectivity index (χ2n) is 5.32. The van der Waals surface area contributed by atoms with Gasteiger partial charge in [0.2, 0.25) is 0 Å². The van der Waals surface area contributed by atoms with Gasteiger partial charge in [0.25, 0.3) is 0 Å². The lowest BCUT2D eigenvalue weighted by atomic mass is 10.1. The van der Waals surface area contributed by atoms with Crippen LogP contribution >= 0.6 is 0 Å². The number of nitrogens with two attached hydrogens (primary N) is 1. The SMILES string of the molecule is NC1CCN(c2cncc(OCCn3cccn3)c2)CC1. The van der Waals surface area contributed by atoms with E-state index in [1.54, 1.807) is 12.4 Å². The van der Waals surface area contributed by atoms with E-state index in [0.717, 1.165) is 43.9 Å². The Balaban J connectivity index is 1.55. The Morgan fingerprint density at radius 2 is 2.14 bits per heavy atom. The molecule has 0 radical (unpaired) electrons. The maximum Gasteiger partial charge on any atom is 0.139 e. The molecule has 2 aromatic rings. The summed E-state index contributed by atoms with van der Waals surface area (Å²) in [5, 5.41) is 4.15. The van der Waals surface area contributed by atoms with E-state index in [4.69, 9.17) is 10.5 Å². The van der Waals surface area contributed by atoms with Crippen molar-refractivity contribution in [3.8, 4) is 5.75 Å². The van der Waals surface area contributed by atoms with E-state index in [2.05, 4.69) is 15.0 Å². The largest absolute Gasteiger partial charge is 0.490 e. The molecule has 1 aliphatic heterocycles. The van der Waals surface area contributed by atoms with Crippen LogP contribution in [0.4, 0.5) is 5.69 Å². The molecule has 0 atom stereocenters. The van der Waals surface area contributed by atoms with Gasteiger partial charge in [0.15, 0.2) is 0 Å². The molecule has 0 spiro atoms. The fourth-order valence-corrected chi connectivity index (χ4v) is 2.51. The van der Waals surface area contributed by atoms with Crippen LogP contribution in [0.15, 0.2) is 36.9 Å². The lowest BCUT2D eigenvalue weighted by Gasteiger charge is -2.31. The molecule has 2 N–H and O–H groups in total. The maximum atomic E-state index is 5.94. The lowest BCUT2D eigenvalue weighted by molar-refractivity contribution is 0.290. The van der Waals surface area contributed by atoms with Gasteiger partial charge < -0.3 is 15.4 Å². The molecule has 0 saturated carbocycles. The fraction of sp³-hybridized carbons (Fsp3) is 0.467. The van der Waals surface area contributed by atoms with Crippen LogP contribution in [0, 0.1) is 0 Å². The van der Waals surface area contributed by atoms with Gasteiger partial charge >= 0.3 is 0 Å². The van der Waals surface area contributed by atoms with Crippen molar-refractivity contribution in [3.63, 3.8) is 0 Å². The molecule has 1 saturated heterocycles. The molecule has 0 bridgehead atoms. The molecule has 1 aliphatic rings. The van der Waals surface area contributed by atoms with Crippen LogP contribution in [0.1, 0.15) is 12.8 Å². The Kier molecular flexibility index (Phi) is 4.35. The van der Waals surface area contributed by atoms with E-state index < -0.39 is 0 Å². The summed E-state index contributed by atoms with van der Waals surface area (Å²) < 4.78 is 7.61. The van der Waals surface area contributed by atoms with E-state index >= 15 is 0 Å². The standard InChI is InChI=1S/C15H21N5O/c16-13-2-6-19(7-3-13)14-10-15(12-17-11-14)21-9-8-20-5-1-4-18-20/h1,4-5,10-13H,2-3,6-9,16H2. The number of pyridine rings is 1. The van der Waals surface area contributed by atoms with Crippen LogP contribution in [-0.4, -0.2) is 40.5 Å². The number of anilines is 1. The van der Waals surface area contributed by atoms with E-state index in [0.29, 0.717) is 12.6 Å². The highest BCUT2D eigenvalue weighted by Gasteiger charge is 2.16. The third-order valence-corrected chi connectivity index (χ3v) is 3.75. The molecule has 0 amide bonds. The van der Waals surface area contributed by atoms with Crippen LogP contribution in [0.3, 0.4) is 0 Å². The number of ether oxygens (including phenoxy) is 1. The Morgan fingerprint density at radius 3 is 2.90 bits per heavy atom. The van der Waals surface area contributed by atoms with Crippen molar-refractivity contribution in [1.29, 1.82) is 0 Å². The topological polar surface area (TPSA) is 69.2 Å². The zero-order valence-corrected chi connectivity index (χ0v) is 12.1. The number of hydrogen-bond acceptors (Lipinski definition) is 5. The van der Waals surface area contributed by atoms with Crippen molar-refractivity contribution in [2.75, 3.05) is 24.6 Å². The van der Waals surface area contributed by atoms with Gasteiger partial charge in [-0.1, -0.05) is 0 Å². The van der Waals surface area contributed by atoms with Gasteiger partial charge in [-0.15, -0.1) is 0 Å². The molecule has 3 rings (SSSR count). The molecule has 2 aromatic heterocycles. The van der Waals surface area contributed by atoms with Crippen LogP contribution in [0.5, 0.6) is 5.75 Å². The van der Waals surface area contributed by atoms with E-state index in [9.17, 15) is 0 Å². The first-order valence-corrected chi connectivity index (χ1v) is 7.37. The average molecular weight is 287 g/mol. The minimum atomic E-state index is 0.336. The first-order valence-electron chi connectivity index (χ1n) is 7.37. The summed E-state index contributed by atoms with van der Waals surface area (Å²) in [5.41, 5.74) is 7.05. The van der Waals surface area contributed by atoms with Crippen LogP contribution < -0.4 is 15.4 Å². The third kappa shape index (κ3) is 3.72. The molecule has 21 heavy (non-hydrogen) atoms. The number of piperidine rings is 1. The number of nitrogens with zero attached hydrogens (tertiary/aromatic N) is 4. The third-order valence-electron chi connectivity index (χ3n) is 3.75. The normalized spacial score (nSPS) is 16.1. The lowest BCUT2D eigenvalue weighted by Crippen LogP contribution is -2.39. The van der Waals surface area contributed by atoms with E-state index in [1.165, 1.54) is 0 Å². The predicted octanol–water partition coefficient (Wildman–Crippen LogP) is 1.28. The second kappa shape index (κ2) is 6.58. The van der Waals surface area contributed by atoms with Crippen molar-refractivity contribution >= 4 is 5.69 Å². The summed E-state index contributed by atoms with van der Waals surface area (Å²) in [6.45, 7) is 3.28. The maximum absolute atomic E-state index is 5.94. The highest BCUT2D eigenvalue weighted by atomic mass is 16.5. The summed E-state index contributed by atoms with van der Waals surface area (Å²) in [5.74, 6) is 0.800. The summed E-state index contributed by atoms with van der Waals surface area (Å²) in [4.78, 5) is 6.59. The van der Waals surface area contributed by atoms with Gasteiger partial charge in [-0.2, -0.15) is 5.10 Å². The minimum absolute atomic E-state index is 0.336. The Morgan fingerprint density at radius 1 is 1.29 bits per heavy atom. The van der Waals surface area contributed by atoms with Crippen LogP contribution in [-0.2, 0) is 6.54 Å². The van der Waals surface area contributed by atoms with Crippen LogP contribution in [0.25, 0.3) is 0 Å². The first kappa shape index (κ1) is 13.9. The Bertz CT molecular complexity index is 549. The molecule has 0 unspecified atom stereocenters. The summed E-state index contributed by atoms with van der Waals surface area (Å²) >= 11 is 0. The molecule has 112 valence electrons. The smallest absolute Gasteiger partial charge is 0.139 e. The minimum Gasteiger partial charge on any atom is -0.490 e. The summed E-state index contributed by atoms with van der Waals surface area (Å²) in [6.07, 6.45) is 9.40. The molecule has 6 heteroatoms. The van der Waals surface area contributed by atoms with Gasteiger partial charge in [0, 0.05) is 37.6 Å². The monoisotopic (exact) mass is 287 g/mol. The molecule has 1 fully saturated rings. The average Bonchev–Trinajstić information content (AvgIpc) is 3.02. The van der Waals surface area contributed by atoms with Crippen molar-refractivity contribution in [2.45, 2.75) is 25.4 Å². The summed E-state index contributed by atoms with van der Waals surface area (Å²) in [7, 11) is 0. The quantitative estimate of drug-likeness (QED) is 0.897. The molecule has 0 aromatic carbocycles. The number of hydrogen-bond donors (Lipinski definition) is 1. The Hall–Kier alpha value is -2.08. The zero-order chi connectivity index (χ0) is 14.5. The molecular formula is C15H21N5O. The predicted molar refractivity (Wildman–Crippen MR) is 81.4 cm³/mol. The highest BCUT2D eigenvalue weighted by Crippen LogP contribution is 2.22. The molecule has 3 heterocycles. The van der Waals surface area contributed by atoms with Gasteiger partial charge in [-0.25, -0.2) is 0 Å². The second-order valence-corrected chi connectivity index (χ2v) is 5.32. The van der Waals surface area contributed by atoms with E-state index in [-0.39, 0.29) is 0 Å². The molecule has 0 aliphatic carbocycles. The number of aromatic nitrogens is 3. The van der Waals surface area contributed by atoms with Crippen molar-refractivity contribution < 1.29 is 4.74 Å². The fourth-order valence-electron chi connectivity index (χ4n) is 2.51.